The van der Waals surface area contributed by atoms with E-state index >= 15 is 0 Å². The fourth-order valence-corrected chi connectivity index (χ4v) is 3.23. The third-order valence-corrected chi connectivity index (χ3v) is 4.62. The molecule has 1 N–H and O–H groups in total. The van der Waals surface area contributed by atoms with E-state index in [0.717, 1.165) is 27.7 Å². The van der Waals surface area contributed by atoms with Gasteiger partial charge in [0.1, 0.15) is 5.69 Å². The minimum atomic E-state index is -0.0463. The molecular weight excluding hydrogens is 324 g/mol. The lowest BCUT2D eigenvalue weighted by Gasteiger charge is -2.16. The second-order valence-corrected chi connectivity index (χ2v) is 6.40. The van der Waals surface area contributed by atoms with Gasteiger partial charge in [-0.1, -0.05) is 53.2 Å². The van der Waals surface area contributed by atoms with Crippen LogP contribution in [0, 0.1) is 6.92 Å². The van der Waals surface area contributed by atoms with Crippen LogP contribution in [0.2, 0.25) is 0 Å². The number of hydrogen-bond acceptors (Lipinski definition) is 4. The van der Waals surface area contributed by atoms with E-state index in [-0.39, 0.29) is 12.6 Å². The number of fused-ring (bicyclic) bond motifs is 1. The topological polar surface area (TPSA) is 63.8 Å². The van der Waals surface area contributed by atoms with E-state index in [9.17, 15) is 5.11 Å². The monoisotopic (exact) mass is 344 g/mol. The molecule has 4 aromatic rings. The van der Waals surface area contributed by atoms with Gasteiger partial charge in [0.2, 0.25) is 0 Å². The van der Waals surface area contributed by atoms with Crippen molar-refractivity contribution in [3.8, 4) is 11.3 Å². The second kappa shape index (κ2) is 7.06. The first-order chi connectivity index (χ1) is 12.8. The molecule has 5 nitrogen and oxygen atoms in total. The highest BCUT2D eigenvalue weighted by molar-refractivity contribution is 5.92. The molecule has 2 aromatic heterocycles. The van der Waals surface area contributed by atoms with Gasteiger partial charge in [-0.05, 0) is 31.0 Å². The Balaban J connectivity index is 1.75. The molecular formula is C21H20N4O. The van der Waals surface area contributed by atoms with Gasteiger partial charge in [-0.3, -0.25) is 4.98 Å². The summed E-state index contributed by atoms with van der Waals surface area (Å²) in [5.41, 5.74) is 5.07. The van der Waals surface area contributed by atoms with Crippen molar-refractivity contribution in [3.05, 3.63) is 78.1 Å². The van der Waals surface area contributed by atoms with E-state index in [2.05, 4.69) is 46.5 Å². The van der Waals surface area contributed by atoms with Gasteiger partial charge in [-0.2, -0.15) is 0 Å². The summed E-state index contributed by atoms with van der Waals surface area (Å²) in [4.78, 5) is 4.41. The molecule has 5 heteroatoms. The first-order valence-electron chi connectivity index (χ1n) is 8.69. The quantitative estimate of drug-likeness (QED) is 0.598. The predicted molar refractivity (Wildman–Crippen MR) is 102 cm³/mol. The Labute approximate surface area is 151 Å². The fourth-order valence-electron chi connectivity index (χ4n) is 3.23. The Bertz CT molecular complexity index is 1020. The van der Waals surface area contributed by atoms with Crippen molar-refractivity contribution in [2.45, 2.75) is 19.4 Å². The maximum Gasteiger partial charge on any atom is 0.113 e. The van der Waals surface area contributed by atoms with Gasteiger partial charge in [0, 0.05) is 23.8 Å². The summed E-state index contributed by atoms with van der Waals surface area (Å²) in [7, 11) is 0. The van der Waals surface area contributed by atoms with Gasteiger partial charge >= 0.3 is 0 Å². The van der Waals surface area contributed by atoms with Gasteiger partial charge in [-0.25, -0.2) is 4.68 Å². The molecule has 0 aliphatic carbocycles. The van der Waals surface area contributed by atoms with Crippen molar-refractivity contribution < 1.29 is 5.11 Å². The molecule has 130 valence electrons. The summed E-state index contributed by atoms with van der Waals surface area (Å²) >= 11 is 0. The van der Waals surface area contributed by atoms with Crippen molar-refractivity contribution >= 4 is 10.9 Å². The van der Waals surface area contributed by atoms with E-state index < -0.39 is 0 Å². The molecule has 0 amide bonds. The largest absolute Gasteiger partial charge is 0.396 e. The smallest absolute Gasteiger partial charge is 0.113 e. The van der Waals surface area contributed by atoms with Crippen LogP contribution in [0.5, 0.6) is 0 Å². The third kappa shape index (κ3) is 3.09. The molecule has 0 saturated heterocycles. The fraction of sp³-hybridized carbons (Fsp3) is 0.190. The maximum atomic E-state index is 9.51. The van der Waals surface area contributed by atoms with Crippen molar-refractivity contribution in [2.75, 3.05) is 6.61 Å². The molecule has 0 aliphatic heterocycles. The molecule has 0 saturated carbocycles. The number of rotatable bonds is 5. The minimum absolute atomic E-state index is 0.0463. The normalized spacial score (nSPS) is 12.4. The Hall–Kier alpha value is -3.05. The number of aliphatic hydroxyl groups is 1. The van der Waals surface area contributed by atoms with Crippen LogP contribution in [-0.2, 0) is 0 Å². The van der Waals surface area contributed by atoms with Crippen LogP contribution < -0.4 is 0 Å². The standard InChI is InChI=1S/C21H20N4O/c1-15-6-8-16(9-7-15)21(11-13-26)25-14-20(23-24-25)18-10-12-22-19-5-3-2-4-17(18)19/h2-10,12,14,21,26H,11,13H2,1H3/t21-/m0/s1. The molecule has 0 aliphatic rings. The summed E-state index contributed by atoms with van der Waals surface area (Å²) in [6.07, 6.45) is 4.33. The predicted octanol–water partition coefficient (Wildman–Crippen LogP) is 3.77. The van der Waals surface area contributed by atoms with E-state index in [1.165, 1.54) is 5.56 Å². The van der Waals surface area contributed by atoms with Crippen molar-refractivity contribution in [2.24, 2.45) is 0 Å². The van der Waals surface area contributed by atoms with Crippen LogP contribution in [0.15, 0.2) is 67.0 Å². The van der Waals surface area contributed by atoms with Gasteiger partial charge in [0.25, 0.3) is 0 Å². The SMILES string of the molecule is Cc1ccc([C@H](CCO)n2cc(-c3ccnc4ccccc34)nn2)cc1. The average Bonchev–Trinajstić information content (AvgIpc) is 3.16. The summed E-state index contributed by atoms with van der Waals surface area (Å²) in [6.45, 7) is 2.15. The Morgan fingerprint density at radius 3 is 2.65 bits per heavy atom. The third-order valence-electron chi connectivity index (χ3n) is 4.62. The van der Waals surface area contributed by atoms with Crippen LogP contribution in [0.25, 0.3) is 22.2 Å². The summed E-state index contributed by atoms with van der Waals surface area (Å²) in [6, 6.07) is 18.2. The number of aryl methyl sites for hydroxylation is 1. The number of benzene rings is 2. The van der Waals surface area contributed by atoms with Crippen LogP contribution >= 0.6 is 0 Å². The molecule has 2 aromatic carbocycles. The van der Waals surface area contributed by atoms with Crippen molar-refractivity contribution in [1.29, 1.82) is 0 Å². The van der Waals surface area contributed by atoms with Crippen LogP contribution in [0.4, 0.5) is 0 Å². The highest BCUT2D eigenvalue weighted by Crippen LogP contribution is 2.28. The van der Waals surface area contributed by atoms with E-state index in [0.29, 0.717) is 6.42 Å². The molecule has 26 heavy (non-hydrogen) atoms. The summed E-state index contributed by atoms with van der Waals surface area (Å²) in [5.74, 6) is 0. The van der Waals surface area contributed by atoms with E-state index in [4.69, 9.17) is 0 Å². The van der Waals surface area contributed by atoms with E-state index in [1.54, 1.807) is 6.20 Å². The number of nitrogens with zero attached hydrogens (tertiary/aromatic N) is 4. The number of para-hydroxylation sites is 1. The highest BCUT2D eigenvalue weighted by atomic mass is 16.3. The first kappa shape index (κ1) is 16.4. The Kier molecular flexibility index (Phi) is 4.46. The number of aliphatic hydroxyl groups excluding tert-OH is 1. The highest BCUT2D eigenvalue weighted by Gasteiger charge is 2.17. The molecule has 0 bridgehead atoms. The lowest BCUT2D eigenvalue weighted by atomic mass is 10.0. The van der Waals surface area contributed by atoms with Gasteiger partial charge in [0.05, 0.1) is 17.8 Å². The molecule has 0 fully saturated rings. The molecule has 2 heterocycles. The van der Waals surface area contributed by atoms with Crippen molar-refractivity contribution in [1.82, 2.24) is 20.0 Å². The Morgan fingerprint density at radius 1 is 1.04 bits per heavy atom. The summed E-state index contributed by atoms with van der Waals surface area (Å²) in [5, 5.41) is 19.3. The van der Waals surface area contributed by atoms with Gasteiger partial charge in [-0.15, -0.1) is 5.10 Å². The van der Waals surface area contributed by atoms with Crippen molar-refractivity contribution in [3.63, 3.8) is 0 Å². The zero-order valence-electron chi connectivity index (χ0n) is 14.6. The lowest BCUT2D eigenvalue weighted by molar-refractivity contribution is 0.262. The number of pyridine rings is 1. The van der Waals surface area contributed by atoms with Crippen LogP contribution in [0.1, 0.15) is 23.6 Å². The maximum absolute atomic E-state index is 9.51. The number of hydrogen-bond donors (Lipinski definition) is 1. The average molecular weight is 344 g/mol. The minimum Gasteiger partial charge on any atom is -0.396 e. The molecule has 0 unspecified atom stereocenters. The lowest BCUT2D eigenvalue weighted by Crippen LogP contribution is -2.13. The van der Waals surface area contributed by atoms with E-state index in [1.807, 2.05) is 41.2 Å². The first-order valence-corrected chi connectivity index (χ1v) is 8.69. The molecule has 4 rings (SSSR count). The number of aromatic nitrogens is 4. The molecule has 0 spiro atoms. The van der Waals surface area contributed by atoms with Crippen LogP contribution in [-0.4, -0.2) is 31.7 Å². The van der Waals surface area contributed by atoms with Gasteiger partial charge < -0.3 is 5.11 Å². The van der Waals surface area contributed by atoms with Crippen LogP contribution in [0.3, 0.4) is 0 Å². The summed E-state index contributed by atoms with van der Waals surface area (Å²) < 4.78 is 1.84. The Morgan fingerprint density at radius 2 is 1.85 bits per heavy atom. The zero-order valence-corrected chi connectivity index (χ0v) is 14.6. The molecule has 0 radical (unpaired) electrons. The molecule has 1 atom stereocenters. The second-order valence-electron chi connectivity index (χ2n) is 6.40. The zero-order chi connectivity index (χ0) is 17.9. The van der Waals surface area contributed by atoms with Gasteiger partial charge in [0.15, 0.2) is 0 Å².